The third-order valence-corrected chi connectivity index (χ3v) is 12.3. The van der Waals surface area contributed by atoms with Crippen LogP contribution in [-0.2, 0) is 0 Å². The van der Waals surface area contributed by atoms with Gasteiger partial charge >= 0.3 is 0 Å². The smallest absolute Gasteiger partial charge is 0.164 e. The van der Waals surface area contributed by atoms with Crippen molar-refractivity contribution < 1.29 is 0 Å². The van der Waals surface area contributed by atoms with E-state index in [-0.39, 0.29) is 0 Å². The van der Waals surface area contributed by atoms with Crippen LogP contribution in [0.5, 0.6) is 0 Å². The average Bonchev–Trinajstić information content (AvgIpc) is 3.85. The highest BCUT2D eigenvalue weighted by Gasteiger charge is 2.19. The fraction of sp³-hybridized carbons (Fsp3) is 0. The molecule has 0 spiro atoms. The van der Waals surface area contributed by atoms with Crippen molar-refractivity contribution in [2.75, 3.05) is 0 Å². The summed E-state index contributed by atoms with van der Waals surface area (Å²) in [6.45, 7) is 0. The van der Waals surface area contributed by atoms with Gasteiger partial charge in [0.1, 0.15) is 0 Å². The number of rotatable bonds is 6. The van der Waals surface area contributed by atoms with Gasteiger partial charge < -0.3 is 0 Å². The number of hydrogen-bond acceptors (Lipinski definition) is 8. The Hall–Kier alpha value is -7.00. The zero-order chi connectivity index (χ0) is 37.0. The van der Waals surface area contributed by atoms with Crippen molar-refractivity contribution in [1.29, 1.82) is 0 Å². The van der Waals surface area contributed by atoms with Gasteiger partial charge in [-0.25, -0.2) is 29.9 Å². The van der Waals surface area contributed by atoms with Gasteiger partial charge in [0.2, 0.25) is 0 Å². The molecule has 56 heavy (non-hydrogen) atoms. The van der Waals surface area contributed by atoms with Crippen molar-refractivity contribution in [2.45, 2.75) is 0 Å². The van der Waals surface area contributed by atoms with Gasteiger partial charge in [-0.05, 0) is 36.4 Å². The Morgan fingerprint density at radius 1 is 0.268 bits per heavy atom. The Morgan fingerprint density at radius 3 is 1.36 bits per heavy atom. The molecule has 4 aromatic heterocycles. The molecular formula is C48H28N6S2. The molecule has 0 aliphatic rings. The average molecular weight is 753 g/mol. The lowest BCUT2D eigenvalue weighted by molar-refractivity contribution is 1.07. The van der Waals surface area contributed by atoms with Gasteiger partial charge in [-0.15, -0.1) is 22.7 Å². The van der Waals surface area contributed by atoms with E-state index in [2.05, 4.69) is 78.9 Å². The molecule has 8 heteroatoms. The first-order valence-electron chi connectivity index (χ1n) is 18.3. The van der Waals surface area contributed by atoms with Crippen molar-refractivity contribution in [3.05, 3.63) is 170 Å². The maximum Gasteiger partial charge on any atom is 0.164 e. The summed E-state index contributed by atoms with van der Waals surface area (Å²) >= 11 is 3.55. The lowest BCUT2D eigenvalue weighted by Gasteiger charge is -2.10. The largest absolute Gasteiger partial charge is 0.208 e. The summed E-state index contributed by atoms with van der Waals surface area (Å²) in [4.78, 5) is 30.3. The van der Waals surface area contributed by atoms with E-state index in [1.165, 1.54) is 20.2 Å². The summed E-state index contributed by atoms with van der Waals surface area (Å²) in [5, 5.41) is 4.69. The fourth-order valence-corrected chi connectivity index (χ4v) is 9.55. The molecule has 0 aliphatic carbocycles. The molecule has 0 fully saturated rings. The van der Waals surface area contributed by atoms with Gasteiger partial charge in [0.05, 0.1) is 0 Å². The Morgan fingerprint density at radius 2 is 0.732 bits per heavy atom. The van der Waals surface area contributed by atoms with Crippen molar-refractivity contribution in [2.24, 2.45) is 0 Å². The number of thiophene rings is 2. The minimum Gasteiger partial charge on any atom is -0.208 e. The van der Waals surface area contributed by atoms with Crippen LogP contribution >= 0.6 is 22.7 Å². The second kappa shape index (κ2) is 13.4. The van der Waals surface area contributed by atoms with Crippen LogP contribution in [-0.4, -0.2) is 29.9 Å². The topological polar surface area (TPSA) is 77.3 Å². The Balaban J connectivity index is 1.06. The summed E-state index contributed by atoms with van der Waals surface area (Å²) in [5.41, 5.74) is 5.66. The molecular weight excluding hydrogens is 725 g/mol. The lowest BCUT2D eigenvalue weighted by Crippen LogP contribution is -2.00. The molecule has 0 aliphatic heterocycles. The van der Waals surface area contributed by atoms with E-state index >= 15 is 0 Å². The van der Waals surface area contributed by atoms with E-state index in [9.17, 15) is 0 Å². The molecule has 0 saturated carbocycles. The highest BCUT2D eigenvalue weighted by Crippen LogP contribution is 2.42. The number of fused-ring (bicyclic) bond motifs is 6. The summed E-state index contributed by atoms with van der Waals surface area (Å²) in [6, 6.07) is 58.2. The van der Waals surface area contributed by atoms with Crippen LogP contribution in [0.1, 0.15) is 0 Å². The molecule has 0 N–H and O–H groups in total. The molecule has 4 heterocycles. The van der Waals surface area contributed by atoms with E-state index in [0.717, 1.165) is 53.6 Å². The number of nitrogens with zero attached hydrogens (tertiary/aromatic N) is 6. The molecule has 0 atom stereocenters. The summed E-state index contributed by atoms with van der Waals surface area (Å²) < 4.78 is 4.78. The van der Waals surface area contributed by atoms with E-state index in [1.807, 2.05) is 91.0 Å². The molecule has 0 unspecified atom stereocenters. The second-order valence-electron chi connectivity index (χ2n) is 13.5. The Labute approximate surface area is 329 Å². The number of aromatic nitrogens is 6. The van der Waals surface area contributed by atoms with Crippen LogP contribution in [0.4, 0.5) is 0 Å². The van der Waals surface area contributed by atoms with E-state index in [1.54, 1.807) is 22.7 Å². The van der Waals surface area contributed by atoms with Gasteiger partial charge in [-0.2, -0.15) is 0 Å². The normalized spacial score (nSPS) is 11.6. The van der Waals surface area contributed by atoms with Crippen LogP contribution in [0.25, 0.3) is 109 Å². The quantitative estimate of drug-likeness (QED) is 0.168. The van der Waals surface area contributed by atoms with Gasteiger partial charge in [0.25, 0.3) is 0 Å². The minimum absolute atomic E-state index is 0.626. The van der Waals surface area contributed by atoms with Gasteiger partial charge in [0.15, 0.2) is 34.9 Å². The zero-order valence-electron chi connectivity index (χ0n) is 29.7. The number of benzene rings is 7. The molecule has 11 aromatic rings. The van der Waals surface area contributed by atoms with E-state index in [0.29, 0.717) is 34.9 Å². The first-order chi connectivity index (χ1) is 27.7. The summed E-state index contributed by atoms with van der Waals surface area (Å²) in [5.74, 6) is 3.82. The molecule has 0 amide bonds. The van der Waals surface area contributed by atoms with Crippen molar-refractivity contribution in [3.8, 4) is 68.3 Å². The standard InChI is InChI=1S/C48H28N6S2/c1-4-13-29(14-5-1)43-50-46(32-24-26-39-37(27-32)34-19-10-11-21-38(34)55-39)52-47(51-43)33-23-25-35-41(28-33)56-40-22-12-20-36(42(35)40)48-53-44(30-15-6-2-7-16-30)49-45(54-48)31-17-8-3-9-18-31/h1-28H. The van der Waals surface area contributed by atoms with Gasteiger partial charge in [-0.3, -0.25) is 0 Å². The van der Waals surface area contributed by atoms with Crippen LogP contribution < -0.4 is 0 Å². The third kappa shape index (κ3) is 5.71. The van der Waals surface area contributed by atoms with Gasteiger partial charge in [0, 0.05) is 73.7 Å². The first kappa shape index (κ1) is 32.4. The first-order valence-corrected chi connectivity index (χ1v) is 19.9. The minimum atomic E-state index is 0.626. The second-order valence-corrected chi connectivity index (χ2v) is 15.7. The maximum atomic E-state index is 5.13. The van der Waals surface area contributed by atoms with E-state index in [4.69, 9.17) is 29.9 Å². The van der Waals surface area contributed by atoms with Crippen LogP contribution in [0.3, 0.4) is 0 Å². The molecule has 0 bridgehead atoms. The molecule has 7 aromatic carbocycles. The highest BCUT2D eigenvalue weighted by molar-refractivity contribution is 7.26. The zero-order valence-corrected chi connectivity index (χ0v) is 31.3. The van der Waals surface area contributed by atoms with Crippen molar-refractivity contribution >= 4 is 63.0 Å². The van der Waals surface area contributed by atoms with Crippen LogP contribution in [0.2, 0.25) is 0 Å². The maximum absolute atomic E-state index is 5.13. The summed E-state index contributed by atoms with van der Waals surface area (Å²) in [7, 11) is 0. The van der Waals surface area contributed by atoms with Crippen molar-refractivity contribution in [1.82, 2.24) is 29.9 Å². The fourth-order valence-electron chi connectivity index (χ4n) is 7.30. The van der Waals surface area contributed by atoms with Crippen molar-refractivity contribution in [3.63, 3.8) is 0 Å². The number of hydrogen-bond donors (Lipinski definition) is 0. The molecule has 0 radical (unpaired) electrons. The van der Waals surface area contributed by atoms with E-state index < -0.39 is 0 Å². The van der Waals surface area contributed by atoms with Crippen LogP contribution in [0, 0.1) is 0 Å². The highest BCUT2D eigenvalue weighted by atomic mass is 32.1. The van der Waals surface area contributed by atoms with Crippen LogP contribution in [0.15, 0.2) is 170 Å². The SMILES string of the molecule is c1ccc(-c2nc(-c3ccc4c(c3)sc3cccc(-c5nc(-c6ccccc6)nc(-c6ccccc6)n5)c34)nc(-c3ccc4sc5ccccc5c4c3)n2)cc1. The molecule has 11 rings (SSSR count). The van der Waals surface area contributed by atoms with Gasteiger partial charge in [-0.1, -0.05) is 133 Å². The molecule has 262 valence electrons. The predicted octanol–water partition coefficient (Wildman–Crippen LogP) is 12.8. The molecule has 6 nitrogen and oxygen atoms in total. The Bertz CT molecular complexity index is 3190. The summed E-state index contributed by atoms with van der Waals surface area (Å²) in [6.07, 6.45) is 0. The monoisotopic (exact) mass is 752 g/mol. The third-order valence-electron chi connectivity index (χ3n) is 10.00. The Kier molecular flexibility index (Phi) is 7.75. The molecule has 0 saturated heterocycles. The predicted molar refractivity (Wildman–Crippen MR) is 232 cm³/mol. The lowest BCUT2D eigenvalue weighted by atomic mass is 10.0.